The van der Waals surface area contributed by atoms with Gasteiger partial charge in [0.2, 0.25) is 11.0 Å². The summed E-state index contributed by atoms with van der Waals surface area (Å²) < 4.78 is 0. The molecule has 2 aromatic rings. The highest BCUT2D eigenvalue weighted by Crippen LogP contribution is 2.24. The molecular formula is C14H16N4O2S2. The number of nitrogens with zero attached hydrogens (tertiary/aromatic N) is 3. The van der Waals surface area contributed by atoms with Crippen LogP contribution in [0.25, 0.3) is 0 Å². The molecule has 1 aliphatic rings. The minimum atomic E-state index is -0.427. The van der Waals surface area contributed by atoms with Crippen molar-refractivity contribution in [2.24, 2.45) is 0 Å². The number of amides is 2. The van der Waals surface area contributed by atoms with Gasteiger partial charge in [0.05, 0.1) is 4.88 Å². The summed E-state index contributed by atoms with van der Waals surface area (Å²) in [6.45, 7) is 2.61. The van der Waals surface area contributed by atoms with Crippen molar-refractivity contribution in [2.45, 2.75) is 32.2 Å². The Kier molecular flexibility index (Phi) is 4.49. The van der Waals surface area contributed by atoms with Crippen LogP contribution in [0.1, 0.15) is 34.4 Å². The van der Waals surface area contributed by atoms with Gasteiger partial charge < -0.3 is 4.90 Å². The normalized spacial score (nSPS) is 17.7. The summed E-state index contributed by atoms with van der Waals surface area (Å²) in [5.74, 6) is -0.250. The summed E-state index contributed by atoms with van der Waals surface area (Å²) >= 11 is 2.77. The predicted molar refractivity (Wildman–Crippen MR) is 86.3 cm³/mol. The van der Waals surface area contributed by atoms with E-state index in [1.807, 2.05) is 18.4 Å². The van der Waals surface area contributed by atoms with Crippen LogP contribution in [0, 0.1) is 0 Å². The first-order valence-electron chi connectivity index (χ1n) is 7.16. The van der Waals surface area contributed by atoms with Gasteiger partial charge in [0.25, 0.3) is 5.91 Å². The standard InChI is InChI=1S/C14H16N4O2S2/c1-2-11-16-17-14(22-11)15-12(19)9-5-3-7-18(9)13(20)10-6-4-8-21-10/h4,6,8-9H,2-3,5,7H2,1H3,(H,15,17,19)/t9-/m1/s1. The molecule has 2 amide bonds. The highest BCUT2D eigenvalue weighted by molar-refractivity contribution is 7.15. The molecule has 0 spiro atoms. The molecular weight excluding hydrogens is 320 g/mol. The number of nitrogens with one attached hydrogen (secondary N) is 1. The molecule has 3 rings (SSSR count). The maximum absolute atomic E-state index is 12.5. The third-order valence-corrected chi connectivity index (χ3v) is 5.39. The van der Waals surface area contributed by atoms with E-state index in [1.54, 1.807) is 11.0 Å². The maximum Gasteiger partial charge on any atom is 0.264 e. The Hall–Kier alpha value is -1.80. The van der Waals surface area contributed by atoms with Gasteiger partial charge in [0, 0.05) is 6.54 Å². The Labute approximate surface area is 136 Å². The van der Waals surface area contributed by atoms with Crippen LogP contribution < -0.4 is 5.32 Å². The number of hydrogen-bond donors (Lipinski definition) is 1. The van der Waals surface area contributed by atoms with Gasteiger partial charge in [0.1, 0.15) is 11.0 Å². The third kappa shape index (κ3) is 3.02. The molecule has 1 aliphatic heterocycles. The first-order valence-corrected chi connectivity index (χ1v) is 8.86. The van der Waals surface area contributed by atoms with Crippen LogP contribution in [0.15, 0.2) is 17.5 Å². The molecule has 1 N–H and O–H groups in total. The fourth-order valence-corrected chi connectivity index (χ4v) is 3.82. The fraction of sp³-hybridized carbons (Fsp3) is 0.429. The Balaban J connectivity index is 1.69. The number of thiophene rings is 1. The number of carbonyl (C=O) groups is 2. The number of likely N-dealkylation sites (tertiary alicyclic amines) is 1. The lowest BCUT2D eigenvalue weighted by Gasteiger charge is -2.22. The number of rotatable bonds is 4. The van der Waals surface area contributed by atoms with Crippen LogP contribution in [-0.2, 0) is 11.2 Å². The van der Waals surface area contributed by atoms with E-state index < -0.39 is 6.04 Å². The quantitative estimate of drug-likeness (QED) is 0.930. The van der Waals surface area contributed by atoms with E-state index in [4.69, 9.17) is 0 Å². The Morgan fingerprint density at radius 3 is 3.00 bits per heavy atom. The van der Waals surface area contributed by atoms with Crippen molar-refractivity contribution >= 4 is 39.6 Å². The van der Waals surface area contributed by atoms with Crippen molar-refractivity contribution < 1.29 is 9.59 Å². The van der Waals surface area contributed by atoms with Crippen molar-refractivity contribution in [1.82, 2.24) is 15.1 Å². The zero-order valence-electron chi connectivity index (χ0n) is 12.1. The van der Waals surface area contributed by atoms with E-state index in [2.05, 4.69) is 15.5 Å². The number of aromatic nitrogens is 2. The van der Waals surface area contributed by atoms with E-state index in [0.717, 1.165) is 17.8 Å². The molecule has 22 heavy (non-hydrogen) atoms. The number of anilines is 1. The molecule has 0 bridgehead atoms. The number of carbonyl (C=O) groups excluding carboxylic acids is 2. The highest BCUT2D eigenvalue weighted by Gasteiger charge is 2.35. The highest BCUT2D eigenvalue weighted by atomic mass is 32.1. The fourth-order valence-electron chi connectivity index (χ4n) is 2.46. The molecule has 0 aromatic carbocycles. The first kappa shape index (κ1) is 15.1. The molecule has 2 aromatic heterocycles. The van der Waals surface area contributed by atoms with Gasteiger partial charge in [-0.15, -0.1) is 21.5 Å². The molecule has 0 radical (unpaired) electrons. The predicted octanol–water partition coefficient (Wildman–Crippen LogP) is 2.41. The molecule has 1 fully saturated rings. The number of hydrogen-bond acceptors (Lipinski definition) is 6. The smallest absolute Gasteiger partial charge is 0.264 e. The molecule has 3 heterocycles. The second-order valence-corrected chi connectivity index (χ2v) is 6.99. The summed E-state index contributed by atoms with van der Waals surface area (Å²) in [6.07, 6.45) is 2.31. The minimum Gasteiger partial charge on any atom is -0.326 e. The van der Waals surface area contributed by atoms with Gasteiger partial charge in [-0.2, -0.15) is 0 Å². The molecule has 0 aliphatic carbocycles. The van der Waals surface area contributed by atoms with Crippen LogP contribution in [0.4, 0.5) is 5.13 Å². The average molecular weight is 336 g/mol. The van der Waals surface area contributed by atoms with Crippen LogP contribution in [0.5, 0.6) is 0 Å². The lowest BCUT2D eigenvalue weighted by atomic mass is 10.2. The van der Waals surface area contributed by atoms with E-state index in [9.17, 15) is 9.59 Å². The number of aryl methyl sites for hydroxylation is 1. The third-order valence-electron chi connectivity index (χ3n) is 3.55. The molecule has 116 valence electrons. The summed E-state index contributed by atoms with van der Waals surface area (Å²) in [4.78, 5) is 27.2. The van der Waals surface area contributed by atoms with Crippen LogP contribution in [0.3, 0.4) is 0 Å². The summed E-state index contributed by atoms with van der Waals surface area (Å²) in [6, 6.07) is 3.21. The lowest BCUT2D eigenvalue weighted by molar-refractivity contribution is -0.119. The lowest BCUT2D eigenvalue weighted by Crippen LogP contribution is -2.42. The van der Waals surface area contributed by atoms with Crippen molar-refractivity contribution in [1.29, 1.82) is 0 Å². The molecule has 1 atom stereocenters. The summed E-state index contributed by atoms with van der Waals surface area (Å²) in [7, 11) is 0. The van der Waals surface area contributed by atoms with Crippen molar-refractivity contribution in [3.05, 3.63) is 27.4 Å². The molecule has 0 saturated carbocycles. The van der Waals surface area contributed by atoms with Gasteiger partial charge in [-0.1, -0.05) is 24.3 Å². The molecule has 0 unspecified atom stereocenters. The first-order chi connectivity index (χ1) is 10.7. The Morgan fingerprint density at radius 1 is 1.45 bits per heavy atom. The minimum absolute atomic E-state index is 0.0702. The summed E-state index contributed by atoms with van der Waals surface area (Å²) in [5.41, 5.74) is 0. The van der Waals surface area contributed by atoms with Gasteiger partial charge in [-0.3, -0.25) is 14.9 Å². The van der Waals surface area contributed by atoms with Crippen LogP contribution in [-0.4, -0.2) is 39.5 Å². The molecule has 1 saturated heterocycles. The monoisotopic (exact) mass is 336 g/mol. The topological polar surface area (TPSA) is 75.2 Å². The van der Waals surface area contributed by atoms with Gasteiger partial charge in [0.15, 0.2) is 0 Å². The SMILES string of the molecule is CCc1nnc(NC(=O)[C@H]2CCCN2C(=O)c2cccs2)s1. The molecule has 8 heteroatoms. The Bertz CT molecular complexity index is 668. The van der Waals surface area contributed by atoms with Crippen molar-refractivity contribution in [3.63, 3.8) is 0 Å². The van der Waals surface area contributed by atoms with Crippen LogP contribution >= 0.6 is 22.7 Å². The van der Waals surface area contributed by atoms with Crippen molar-refractivity contribution in [3.8, 4) is 0 Å². The van der Waals surface area contributed by atoms with E-state index in [-0.39, 0.29) is 11.8 Å². The average Bonchev–Trinajstić information content (AvgIpc) is 3.26. The van der Waals surface area contributed by atoms with E-state index >= 15 is 0 Å². The molecule has 6 nitrogen and oxygen atoms in total. The second kappa shape index (κ2) is 6.53. The zero-order valence-corrected chi connectivity index (χ0v) is 13.7. The van der Waals surface area contributed by atoms with Gasteiger partial charge in [-0.05, 0) is 30.7 Å². The van der Waals surface area contributed by atoms with Crippen LogP contribution in [0.2, 0.25) is 0 Å². The van der Waals surface area contributed by atoms with Gasteiger partial charge >= 0.3 is 0 Å². The maximum atomic E-state index is 12.5. The zero-order chi connectivity index (χ0) is 15.5. The van der Waals surface area contributed by atoms with Crippen molar-refractivity contribution in [2.75, 3.05) is 11.9 Å². The van der Waals surface area contributed by atoms with Gasteiger partial charge in [-0.25, -0.2) is 0 Å². The summed E-state index contributed by atoms with van der Waals surface area (Å²) in [5, 5.41) is 14.0. The van der Waals surface area contributed by atoms with E-state index in [1.165, 1.54) is 22.7 Å². The second-order valence-electron chi connectivity index (χ2n) is 4.98. The largest absolute Gasteiger partial charge is 0.326 e. The Morgan fingerprint density at radius 2 is 2.32 bits per heavy atom. The van der Waals surface area contributed by atoms with E-state index in [0.29, 0.717) is 23.0 Å².